The Bertz CT molecular complexity index is 871. The Hall–Kier alpha value is -1.50. The van der Waals surface area contributed by atoms with E-state index in [1.54, 1.807) is 12.1 Å². The maximum Gasteiger partial charge on any atom is 0.342 e. The molecular weight excluding hydrogens is 414 g/mol. The van der Waals surface area contributed by atoms with Crippen LogP contribution in [-0.4, -0.2) is 11.9 Å². The molecule has 0 aliphatic carbocycles. The number of cyclic esters (lactones) is 2. The van der Waals surface area contributed by atoms with Gasteiger partial charge in [-0.25, -0.2) is 9.59 Å². The highest BCUT2D eigenvalue weighted by molar-refractivity contribution is 6.36. The third-order valence-corrected chi connectivity index (χ3v) is 5.09. The number of carbonyl (C=O) groups is 2. The van der Waals surface area contributed by atoms with Crippen LogP contribution in [0.4, 0.5) is 0 Å². The summed E-state index contributed by atoms with van der Waals surface area (Å²) < 4.78 is 15.8. The average Bonchev–Trinajstić information content (AvgIpc) is 2.92. The van der Waals surface area contributed by atoms with Gasteiger partial charge >= 0.3 is 22.4 Å². The average molecular weight is 420 g/mol. The highest BCUT2D eigenvalue weighted by Crippen LogP contribution is 2.53. The lowest BCUT2D eigenvalue weighted by Crippen LogP contribution is -2.35. The van der Waals surface area contributed by atoms with Crippen molar-refractivity contribution in [3.63, 3.8) is 0 Å². The zero-order valence-electron chi connectivity index (χ0n) is 12.0. The maximum absolute atomic E-state index is 12.1. The molecule has 4 rings (SSSR count). The fourth-order valence-electron chi connectivity index (χ4n) is 2.76. The first-order valence-electron chi connectivity index (χ1n) is 6.88. The van der Waals surface area contributed by atoms with Gasteiger partial charge in [0.15, 0.2) is 0 Å². The molecule has 9 heteroatoms. The predicted molar refractivity (Wildman–Crippen MR) is 89.9 cm³/mol. The number of carbonyl (C=O) groups excluding carboxylic acids is 2. The van der Waals surface area contributed by atoms with Gasteiger partial charge in [0.05, 0.1) is 32.3 Å². The highest BCUT2D eigenvalue weighted by Gasteiger charge is 2.57. The van der Waals surface area contributed by atoms with Crippen molar-refractivity contribution in [2.45, 2.75) is 10.5 Å². The third-order valence-electron chi connectivity index (χ3n) is 3.77. The van der Waals surface area contributed by atoms with Gasteiger partial charge in [0.25, 0.3) is 0 Å². The number of alkyl halides is 2. The summed E-state index contributed by atoms with van der Waals surface area (Å²) in [6.07, 6.45) is 0. The van der Waals surface area contributed by atoms with Crippen LogP contribution >= 0.6 is 46.4 Å². The van der Waals surface area contributed by atoms with Crippen LogP contribution in [0.15, 0.2) is 36.4 Å². The largest absolute Gasteiger partial charge is 0.410 e. The first kappa shape index (κ1) is 16.9. The first-order chi connectivity index (χ1) is 11.8. The fourth-order valence-corrected chi connectivity index (χ4v) is 4.26. The quantitative estimate of drug-likeness (QED) is 0.519. The molecule has 2 heterocycles. The molecule has 0 saturated carbocycles. The number of esters is 2. The number of rotatable bonds is 2. The Labute approximate surface area is 161 Å². The standard InChI is InChI=1S/C16H6Cl4O5/c17-9-5-1-3-7-11(9)15(19,23-13(7)21)25-16(20)12-8(14(22)24-16)4-2-6-10(12)18/h1-6H. The molecule has 0 saturated heterocycles. The van der Waals surface area contributed by atoms with E-state index in [-0.39, 0.29) is 32.3 Å². The number of fused-ring (bicyclic) bond motifs is 2. The molecule has 128 valence electrons. The molecular formula is C16H6Cl4O5. The normalized spacial score (nSPS) is 26.9. The van der Waals surface area contributed by atoms with Crippen molar-refractivity contribution in [3.05, 3.63) is 68.7 Å². The summed E-state index contributed by atoms with van der Waals surface area (Å²) in [4.78, 5) is 24.1. The molecule has 0 fully saturated rings. The second kappa shape index (κ2) is 5.50. The van der Waals surface area contributed by atoms with E-state index in [9.17, 15) is 9.59 Å². The van der Waals surface area contributed by atoms with E-state index in [0.717, 1.165) is 0 Å². The highest BCUT2D eigenvalue weighted by atomic mass is 35.5. The van der Waals surface area contributed by atoms with Crippen molar-refractivity contribution in [1.82, 2.24) is 0 Å². The molecule has 2 aromatic rings. The van der Waals surface area contributed by atoms with Crippen LogP contribution < -0.4 is 0 Å². The Morgan fingerprint density at radius 2 is 1.16 bits per heavy atom. The van der Waals surface area contributed by atoms with Crippen molar-refractivity contribution in [2.24, 2.45) is 0 Å². The monoisotopic (exact) mass is 418 g/mol. The van der Waals surface area contributed by atoms with Crippen LogP contribution in [0.3, 0.4) is 0 Å². The molecule has 0 bridgehead atoms. The molecule has 25 heavy (non-hydrogen) atoms. The summed E-state index contributed by atoms with van der Waals surface area (Å²) in [7, 11) is 0. The Kier molecular flexibility index (Phi) is 3.72. The van der Waals surface area contributed by atoms with Gasteiger partial charge in [0.2, 0.25) is 0 Å². The molecule has 0 spiro atoms. The van der Waals surface area contributed by atoms with E-state index in [0.29, 0.717) is 0 Å². The first-order valence-corrected chi connectivity index (χ1v) is 8.39. The maximum atomic E-state index is 12.1. The predicted octanol–water partition coefficient (Wildman–Crippen LogP) is 4.75. The lowest BCUT2D eigenvalue weighted by atomic mass is 10.1. The topological polar surface area (TPSA) is 61.8 Å². The minimum Gasteiger partial charge on any atom is -0.410 e. The van der Waals surface area contributed by atoms with Crippen LogP contribution in [0.25, 0.3) is 0 Å². The van der Waals surface area contributed by atoms with Gasteiger partial charge in [-0.3, -0.25) is 4.74 Å². The number of hydrogen-bond donors (Lipinski definition) is 0. The summed E-state index contributed by atoms with van der Waals surface area (Å²) in [5.74, 6) is -1.51. The zero-order valence-corrected chi connectivity index (χ0v) is 15.0. The molecule has 2 aromatic carbocycles. The molecule has 0 N–H and O–H groups in total. The van der Waals surface area contributed by atoms with Crippen molar-refractivity contribution < 1.29 is 23.8 Å². The number of benzene rings is 2. The molecule has 2 aliphatic rings. The molecule has 0 aromatic heterocycles. The van der Waals surface area contributed by atoms with Gasteiger partial charge in [-0.2, -0.15) is 0 Å². The zero-order chi connectivity index (χ0) is 18.0. The van der Waals surface area contributed by atoms with Gasteiger partial charge in [-0.1, -0.05) is 35.3 Å². The fraction of sp³-hybridized carbons (Fsp3) is 0.125. The SMILES string of the molecule is O=C1OC(Cl)(OC2(Cl)OC(=O)c3cccc(Cl)c32)c2c(Cl)cccc21. The second-order valence-corrected chi connectivity index (χ2v) is 7.09. The van der Waals surface area contributed by atoms with Crippen LogP contribution in [0, 0.1) is 0 Å². The third kappa shape index (κ3) is 2.42. The smallest absolute Gasteiger partial charge is 0.342 e. The summed E-state index contributed by atoms with van der Waals surface area (Å²) >= 11 is 25.0. The van der Waals surface area contributed by atoms with Crippen LogP contribution in [0.1, 0.15) is 31.8 Å². The van der Waals surface area contributed by atoms with Gasteiger partial charge in [0, 0.05) is 0 Å². The van der Waals surface area contributed by atoms with Crippen molar-refractivity contribution in [2.75, 3.05) is 0 Å². The van der Waals surface area contributed by atoms with E-state index in [2.05, 4.69) is 0 Å². The van der Waals surface area contributed by atoms with Crippen LogP contribution in [0.2, 0.25) is 10.0 Å². The molecule has 5 nitrogen and oxygen atoms in total. The molecule has 2 aliphatic heterocycles. The number of ether oxygens (including phenoxy) is 3. The van der Waals surface area contributed by atoms with E-state index in [1.165, 1.54) is 24.3 Å². The lowest BCUT2D eigenvalue weighted by molar-refractivity contribution is -0.257. The van der Waals surface area contributed by atoms with Crippen LogP contribution in [0.5, 0.6) is 0 Å². The summed E-state index contributed by atoms with van der Waals surface area (Å²) in [5.41, 5.74) is 0.373. The number of hydrogen-bond acceptors (Lipinski definition) is 5. The molecule has 2 unspecified atom stereocenters. The van der Waals surface area contributed by atoms with E-state index in [1.807, 2.05) is 0 Å². The minimum absolute atomic E-state index is 0.0694. The van der Waals surface area contributed by atoms with E-state index < -0.39 is 22.4 Å². The summed E-state index contributed by atoms with van der Waals surface area (Å²) in [5, 5.41) is -4.12. The lowest BCUT2D eigenvalue weighted by Gasteiger charge is -2.30. The van der Waals surface area contributed by atoms with Crippen molar-refractivity contribution in [1.29, 1.82) is 0 Å². The van der Waals surface area contributed by atoms with Gasteiger partial charge in [0.1, 0.15) is 0 Å². The van der Waals surface area contributed by atoms with E-state index in [4.69, 9.17) is 60.6 Å². The molecule has 2 atom stereocenters. The summed E-state index contributed by atoms with van der Waals surface area (Å²) in [6, 6.07) is 9.07. The van der Waals surface area contributed by atoms with Crippen LogP contribution in [-0.2, 0) is 24.7 Å². The van der Waals surface area contributed by atoms with Gasteiger partial charge < -0.3 is 9.47 Å². The molecule has 0 radical (unpaired) electrons. The Morgan fingerprint density at radius 3 is 1.56 bits per heavy atom. The van der Waals surface area contributed by atoms with E-state index >= 15 is 0 Å². The Balaban J connectivity index is 1.83. The van der Waals surface area contributed by atoms with Gasteiger partial charge in [-0.05, 0) is 47.5 Å². The minimum atomic E-state index is -2.19. The Morgan fingerprint density at radius 1 is 0.760 bits per heavy atom. The molecule has 0 amide bonds. The second-order valence-electron chi connectivity index (χ2n) is 5.28. The van der Waals surface area contributed by atoms with Crippen molar-refractivity contribution >= 4 is 58.3 Å². The number of halogens is 4. The van der Waals surface area contributed by atoms with Crippen molar-refractivity contribution in [3.8, 4) is 0 Å². The summed E-state index contributed by atoms with van der Waals surface area (Å²) in [6.45, 7) is 0. The van der Waals surface area contributed by atoms with Gasteiger partial charge in [-0.15, -0.1) is 0 Å².